The quantitative estimate of drug-likeness (QED) is 0.325. The van der Waals surface area contributed by atoms with Crippen molar-refractivity contribution in [1.29, 1.82) is 0 Å². The standard InChI is InChI=1S/C27H19N3/c28-16-29-23-11-5-3-10-21(23)22-15-25-17(13-26(22)29)14-27-20-9-2-1-7-18(20)19-8-4-6-12-24(19)30(25)27/h1-15H,16,28H2. The summed E-state index contributed by atoms with van der Waals surface area (Å²) in [5, 5.41) is 7.60. The van der Waals surface area contributed by atoms with Crippen molar-refractivity contribution in [3.8, 4) is 0 Å². The van der Waals surface area contributed by atoms with Crippen LogP contribution in [0.5, 0.6) is 0 Å². The Hall–Kier alpha value is -3.82. The van der Waals surface area contributed by atoms with Crippen LogP contribution in [-0.4, -0.2) is 8.97 Å². The topological polar surface area (TPSA) is 35.4 Å². The van der Waals surface area contributed by atoms with Crippen molar-refractivity contribution in [3.05, 3.63) is 91.0 Å². The van der Waals surface area contributed by atoms with Crippen LogP contribution in [0.4, 0.5) is 0 Å². The molecule has 142 valence electrons. The van der Waals surface area contributed by atoms with Crippen molar-refractivity contribution < 1.29 is 0 Å². The predicted octanol–water partition coefficient (Wildman–Crippen LogP) is 6.42. The van der Waals surface area contributed by atoms with Crippen LogP contribution in [-0.2, 0) is 6.67 Å². The molecular formula is C27H19N3. The van der Waals surface area contributed by atoms with E-state index in [4.69, 9.17) is 5.73 Å². The maximum Gasteiger partial charge on any atom is 0.0707 e. The smallest absolute Gasteiger partial charge is 0.0707 e. The van der Waals surface area contributed by atoms with Crippen LogP contribution in [0, 0.1) is 0 Å². The molecule has 0 aliphatic heterocycles. The lowest BCUT2D eigenvalue weighted by Gasteiger charge is -2.10. The van der Waals surface area contributed by atoms with E-state index in [0.717, 1.165) is 0 Å². The number of pyridine rings is 1. The third-order valence-electron chi connectivity index (χ3n) is 6.52. The Bertz CT molecular complexity index is 1780. The van der Waals surface area contributed by atoms with E-state index in [1.807, 2.05) is 0 Å². The second kappa shape index (κ2) is 5.62. The molecule has 3 aromatic heterocycles. The number of para-hydroxylation sites is 2. The number of fused-ring (bicyclic) bond motifs is 11. The predicted molar refractivity (Wildman–Crippen MR) is 127 cm³/mol. The van der Waals surface area contributed by atoms with Gasteiger partial charge >= 0.3 is 0 Å². The molecule has 0 aliphatic carbocycles. The van der Waals surface area contributed by atoms with Gasteiger partial charge in [-0.05, 0) is 35.7 Å². The molecule has 3 heterocycles. The molecule has 0 fully saturated rings. The van der Waals surface area contributed by atoms with E-state index < -0.39 is 0 Å². The molecular weight excluding hydrogens is 366 g/mol. The summed E-state index contributed by atoms with van der Waals surface area (Å²) in [5.41, 5.74) is 12.3. The molecule has 3 heteroatoms. The van der Waals surface area contributed by atoms with Crippen LogP contribution < -0.4 is 5.73 Å². The first kappa shape index (κ1) is 16.0. The molecule has 2 N–H and O–H groups in total. The highest BCUT2D eigenvalue weighted by atomic mass is 15.0. The average molecular weight is 385 g/mol. The fraction of sp³-hybridized carbons (Fsp3) is 0.0370. The van der Waals surface area contributed by atoms with Gasteiger partial charge in [-0.2, -0.15) is 0 Å². The van der Waals surface area contributed by atoms with E-state index in [1.165, 1.54) is 59.9 Å². The van der Waals surface area contributed by atoms with Gasteiger partial charge < -0.3 is 14.7 Å². The fourth-order valence-corrected chi connectivity index (χ4v) is 5.24. The number of hydrogen-bond acceptors (Lipinski definition) is 1. The molecule has 0 unspecified atom stereocenters. The molecule has 3 nitrogen and oxygen atoms in total. The summed E-state index contributed by atoms with van der Waals surface area (Å²) >= 11 is 0. The van der Waals surface area contributed by atoms with Gasteiger partial charge in [-0.15, -0.1) is 0 Å². The van der Waals surface area contributed by atoms with Gasteiger partial charge in [0.05, 0.1) is 34.3 Å². The van der Waals surface area contributed by atoms with Gasteiger partial charge in [-0.1, -0.05) is 60.7 Å². The Balaban J connectivity index is 1.78. The molecule has 7 aromatic rings. The van der Waals surface area contributed by atoms with Crippen molar-refractivity contribution in [3.63, 3.8) is 0 Å². The highest BCUT2D eigenvalue weighted by Crippen LogP contribution is 2.37. The zero-order chi connectivity index (χ0) is 19.8. The second-order valence-electron chi connectivity index (χ2n) is 7.98. The zero-order valence-electron chi connectivity index (χ0n) is 16.3. The van der Waals surface area contributed by atoms with Crippen LogP contribution in [0.15, 0.2) is 91.0 Å². The normalized spacial score (nSPS) is 12.3. The lowest BCUT2D eigenvalue weighted by Crippen LogP contribution is -2.06. The third kappa shape index (κ3) is 1.88. The Kier molecular flexibility index (Phi) is 3.00. The van der Waals surface area contributed by atoms with Gasteiger partial charge in [0.15, 0.2) is 0 Å². The minimum atomic E-state index is 0.467. The SMILES string of the molecule is NCn1c2ccccc2c2cc3c(cc21)cc1c2ccccc2c2ccccc2n31. The Morgan fingerprint density at radius 1 is 0.500 bits per heavy atom. The van der Waals surface area contributed by atoms with Gasteiger partial charge in [0.2, 0.25) is 0 Å². The Morgan fingerprint density at radius 2 is 1.07 bits per heavy atom. The Morgan fingerprint density at radius 3 is 1.80 bits per heavy atom. The summed E-state index contributed by atoms with van der Waals surface area (Å²) in [6, 6.07) is 32.9. The number of aromatic nitrogens is 2. The van der Waals surface area contributed by atoms with E-state index >= 15 is 0 Å². The summed E-state index contributed by atoms with van der Waals surface area (Å²) in [6.45, 7) is 0.467. The number of nitrogens with zero attached hydrogens (tertiary/aromatic N) is 2. The first-order chi connectivity index (χ1) is 14.8. The maximum atomic E-state index is 6.15. The van der Waals surface area contributed by atoms with Crippen LogP contribution in [0.25, 0.3) is 59.9 Å². The van der Waals surface area contributed by atoms with Crippen LogP contribution in [0.3, 0.4) is 0 Å². The molecule has 0 radical (unpaired) electrons. The van der Waals surface area contributed by atoms with Crippen LogP contribution >= 0.6 is 0 Å². The van der Waals surface area contributed by atoms with Crippen molar-refractivity contribution in [1.82, 2.24) is 8.97 Å². The molecule has 7 rings (SSSR count). The van der Waals surface area contributed by atoms with Gasteiger partial charge in [-0.3, -0.25) is 0 Å². The monoisotopic (exact) mass is 385 g/mol. The van der Waals surface area contributed by atoms with E-state index in [0.29, 0.717) is 6.67 Å². The fourth-order valence-electron chi connectivity index (χ4n) is 5.24. The minimum absolute atomic E-state index is 0.467. The van der Waals surface area contributed by atoms with Crippen molar-refractivity contribution >= 4 is 59.9 Å². The summed E-state index contributed by atoms with van der Waals surface area (Å²) in [4.78, 5) is 0. The highest BCUT2D eigenvalue weighted by Gasteiger charge is 2.15. The molecule has 0 saturated heterocycles. The second-order valence-corrected chi connectivity index (χ2v) is 7.98. The summed E-state index contributed by atoms with van der Waals surface area (Å²) in [6.07, 6.45) is 0. The molecule has 0 atom stereocenters. The van der Waals surface area contributed by atoms with E-state index in [-0.39, 0.29) is 0 Å². The molecule has 0 aliphatic rings. The minimum Gasteiger partial charge on any atom is -0.327 e. The number of hydrogen-bond donors (Lipinski definition) is 1. The molecule has 0 saturated carbocycles. The number of benzene rings is 4. The summed E-state index contributed by atoms with van der Waals surface area (Å²) < 4.78 is 4.63. The van der Waals surface area contributed by atoms with Crippen molar-refractivity contribution in [2.45, 2.75) is 6.67 Å². The number of nitrogens with two attached hydrogens (primary N) is 1. The zero-order valence-corrected chi connectivity index (χ0v) is 16.3. The summed E-state index contributed by atoms with van der Waals surface area (Å²) in [7, 11) is 0. The molecule has 0 bridgehead atoms. The molecule has 0 spiro atoms. The average Bonchev–Trinajstić information content (AvgIpc) is 3.33. The molecule has 4 aromatic carbocycles. The molecule has 30 heavy (non-hydrogen) atoms. The van der Waals surface area contributed by atoms with E-state index in [9.17, 15) is 0 Å². The van der Waals surface area contributed by atoms with Gasteiger partial charge in [0.1, 0.15) is 0 Å². The highest BCUT2D eigenvalue weighted by molar-refractivity contribution is 6.18. The Labute approximate surface area is 172 Å². The van der Waals surface area contributed by atoms with Crippen LogP contribution in [0.1, 0.15) is 0 Å². The van der Waals surface area contributed by atoms with Gasteiger partial charge in [-0.25, -0.2) is 0 Å². The van der Waals surface area contributed by atoms with Crippen molar-refractivity contribution in [2.75, 3.05) is 0 Å². The van der Waals surface area contributed by atoms with Gasteiger partial charge in [0, 0.05) is 26.9 Å². The van der Waals surface area contributed by atoms with E-state index in [2.05, 4.69) is 100.0 Å². The first-order valence-electron chi connectivity index (χ1n) is 10.3. The third-order valence-corrected chi connectivity index (χ3v) is 6.52. The number of rotatable bonds is 1. The van der Waals surface area contributed by atoms with Crippen molar-refractivity contribution in [2.24, 2.45) is 5.73 Å². The largest absolute Gasteiger partial charge is 0.327 e. The lowest BCUT2D eigenvalue weighted by atomic mass is 10.1. The maximum absolute atomic E-state index is 6.15. The van der Waals surface area contributed by atoms with Crippen LogP contribution in [0.2, 0.25) is 0 Å². The van der Waals surface area contributed by atoms with E-state index in [1.54, 1.807) is 0 Å². The first-order valence-corrected chi connectivity index (χ1v) is 10.3. The molecule has 0 amide bonds. The lowest BCUT2D eigenvalue weighted by molar-refractivity contribution is 0.791. The van der Waals surface area contributed by atoms with Gasteiger partial charge in [0.25, 0.3) is 0 Å². The summed E-state index contributed by atoms with van der Waals surface area (Å²) in [5.74, 6) is 0.